The fourth-order valence-electron chi connectivity index (χ4n) is 1.98. The lowest BCUT2D eigenvalue weighted by atomic mass is 10.0. The first-order valence-electron chi connectivity index (χ1n) is 8.15. The maximum atomic E-state index is 12.0. The predicted octanol–water partition coefficient (Wildman–Crippen LogP) is -0.641. The van der Waals surface area contributed by atoms with E-state index in [9.17, 15) is 4.79 Å². The maximum Gasteiger partial charge on any atom is 0.224 e. The molecule has 0 heterocycles. The number of benzene rings is 1. The topological polar surface area (TPSA) is 209 Å². The summed E-state index contributed by atoms with van der Waals surface area (Å²) in [6.45, 7) is 3.90. The Labute approximate surface area is 157 Å². The molecule has 0 saturated carbocycles. The zero-order valence-electron chi connectivity index (χ0n) is 15.4. The quantitative estimate of drug-likeness (QED) is 0.198. The highest BCUT2D eigenvalue weighted by Crippen LogP contribution is 2.18. The number of hydrogen-bond acceptors (Lipinski definition) is 6. The van der Waals surface area contributed by atoms with Gasteiger partial charge in [0.1, 0.15) is 0 Å². The summed E-state index contributed by atoms with van der Waals surface area (Å²) in [5.41, 5.74) is 29.7. The van der Waals surface area contributed by atoms with Crippen LogP contribution >= 0.6 is 0 Å². The summed E-state index contributed by atoms with van der Waals surface area (Å²) in [7, 11) is 0. The van der Waals surface area contributed by atoms with E-state index in [4.69, 9.17) is 28.7 Å². The molecular weight excluding hydrogens is 348 g/mol. The van der Waals surface area contributed by atoms with Crippen molar-refractivity contribution in [2.75, 3.05) is 11.9 Å². The van der Waals surface area contributed by atoms with E-state index in [0.29, 0.717) is 47.6 Å². The first-order chi connectivity index (χ1) is 12.7. The monoisotopic (exact) mass is 374 g/mol. The molecule has 0 spiro atoms. The third kappa shape index (κ3) is 7.96. The Morgan fingerprint density at radius 3 is 1.78 bits per heavy atom. The molecule has 0 aromatic heterocycles. The fraction of sp³-hybridized carbons (Fsp3) is 0.312. The molecule has 1 rings (SSSR count). The van der Waals surface area contributed by atoms with E-state index in [-0.39, 0.29) is 17.8 Å². The average molecular weight is 374 g/mol. The van der Waals surface area contributed by atoms with Crippen molar-refractivity contribution in [2.24, 2.45) is 49.1 Å². The van der Waals surface area contributed by atoms with Gasteiger partial charge in [0.15, 0.2) is 0 Å². The van der Waals surface area contributed by atoms with E-state index in [1.165, 1.54) is 0 Å². The van der Waals surface area contributed by atoms with Crippen LogP contribution in [0.4, 0.5) is 5.69 Å². The van der Waals surface area contributed by atoms with Gasteiger partial charge in [0.2, 0.25) is 17.8 Å². The van der Waals surface area contributed by atoms with Crippen LogP contribution in [0.1, 0.15) is 37.8 Å². The van der Waals surface area contributed by atoms with Crippen molar-refractivity contribution in [3.8, 4) is 0 Å². The molecule has 0 bridgehead atoms. The fourth-order valence-corrected chi connectivity index (χ4v) is 1.98. The van der Waals surface area contributed by atoms with E-state index in [2.05, 4.69) is 25.7 Å². The van der Waals surface area contributed by atoms with E-state index in [1.54, 1.807) is 32.0 Å². The first-order valence-corrected chi connectivity index (χ1v) is 8.15. The van der Waals surface area contributed by atoms with E-state index < -0.39 is 0 Å². The minimum absolute atomic E-state index is 0.152. The van der Waals surface area contributed by atoms with Crippen molar-refractivity contribution in [2.45, 2.75) is 26.7 Å². The molecule has 0 fully saturated rings. The Kier molecular flexibility index (Phi) is 8.39. The van der Waals surface area contributed by atoms with Gasteiger partial charge in [0.05, 0.1) is 11.4 Å². The lowest BCUT2D eigenvalue weighted by Gasteiger charge is -2.10. The molecule has 0 saturated heterocycles. The highest BCUT2D eigenvalue weighted by Gasteiger charge is 2.09. The SMILES string of the molecule is C/C(=N\N=C(N)N)c1cc(NC(=O)CCCN)cc(/C(C)=N/N=C(N)N)c1. The van der Waals surface area contributed by atoms with Crippen molar-refractivity contribution in [3.63, 3.8) is 0 Å². The van der Waals surface area contributed by atoms with Gasteiger partial charge >= 0.3 is 0 Å². The molecule has 0 radical (unpaired) electrons. The Hall–Kier alpha value is -3.47. The zero-order valence-corrected chi connectivity index (χ0v) is 15.4. The van der Waals surface area contributed by atoms with Gasteiger partial charge in [0, 0.05) is 23.2 Å². The second-order valence-electron chi connectivity index (χ2n) is 5.66. The lowest BCUT2D eigenvalue weighted by Crippen LogP contribution is -2.22. The Morgan fingerprint density at radius 1 is 0.889 bits per heavy atom. The minimum atomic E-state index is -0.161. The Bertz CT molecular complexity index is 734. The van der Waals surface area contributed by atoms with Gasteiger partial charge in [-0.15, -0.1) is 10.2 Å². The summed E-state index contributed by atoms with van der Waals surface area (Å²) in [5.74, 6) is -0.473. The summed E-state index contributed by atoms with van der Waals surface area (Å²) in [6, 6.07) is 5.30. The van der Waals surface area contributed by atoms with Crippen molar-refractivity contribution in [1.82, 2.24) is 0 Å². The maximum absolute atomic E-state index is 12.0. The highest BCUT2D eigenvalue weighted by molar-refractivity contribution is 6.06. The van der Waals surface area contributed by atoms with Crippen molar-refractivity contribution in [1.29, 1.82) is 0 Å². The smallest absolute Gasteiger partial charge is 0.224 e. The van der Waals surface area contributed by atoms with Crippen LogP contribution in [0, 0.1) is 0 Å². The van der Waals surface area contributed by atoms with Crippen LogP contribution in [-0.4, -0.2) is 35.8 Å². The predicted molar refractivity (Wildman–Crippen MR) is 109 cm³/mol. The summed E-state index contributed by atoms with van der Waals surface area (Å²) in [6.07, 6.45) is 0.909. The van der Waals surface area contributed by atoms with E-state index in [1.807, 2.05) is 0 Å². The van der Waals surface area contributed by atoms with Crippen LogP contribution in [0.5, 0.6) is 0 Å². The molecule has 11 N–H and O–H groups in total. The van der Waals surface area contributed by atoms with Gasteiger partial charge in [-0.3, -0.25) is 4.79 Å². The molecule has 1 aromatic carbocycles. The molecular formula is C16H26N10O. The van der Waals surface area contributed by atoms with Gasteiger partial charge in [-0.2, -0.15) is 10.2 Å². The van der Waals surface area contributed by atoms with Crippen LogP contribution in [0.25, 0.3) is 0 Å². The molecule has 0 aliphatic heterocycles. The number of nitrogens with two attached hydrogens (primary N) is 5. The number of rotatable bonds is 8. The number of carbonyl (C=O) groups excluding carboxylic acids is 1. The number of nitrogens with one attached hydrogen (secondary N) is 1. The molecule has 0 unspecified atom stereocenters. The van der Waals surface area contributed by atoms with Crippen LogP contribution in [0.2, 0.25) is 0 Å². The molecule has 11 heteroatoms. The molecule has 11 nitrogen and oxygen atoms in total. The number of anilines is 1. The van der Waals surface area contributed by atoms with Crippen LogP contribution in [0.3, 0.4) is 0 Å². The molecule has 0 aliphatic carbocycles. The Morgan fingerprint density at radius 2 is 1.37 bits per heavy atom. The second-order valence-corrected chi connectivity index (χ2v) is 5.66. The zero-order chi connectivity index (χ0) is 20.4. The van der Waals surface area contributed by atoms with Crippen molar-refractivity contribution < 1.29 is 4.79 Å². The minimum Gasteiger partial charge on any atom is -0.369 e. The van der Waals surface area contributed by atoms with Gasteiger partial charge < -0.3 is 34.0 Å². The van der Waals surface area contributed by atoms with Crippen molar-refractivity contribution >= 4 is 34.9 Å². The lowest BCUT2D eigenvalue weighted by molar-refractivity contribution is -0.116. The molecule has 1 aromatic rings. The third-order valence-electron chi connectivity index (χ3n) is 3.29. The van der Waals surface area contributed by atoms with E-state index >= 15 is 0 Å². The van der Waals surface area contributed by atoms with Gasteiger partial charge in [-0.25, -0.2) is 0 Å². The summed E-state index contributed by atoms with van der Waals surface area (Å²) in [5, 5.41) is 18.0. The Balaban J connectivity index is 3.31. The number of nitrogens with zero attached hydrogens (tertiary/aromatic N) is 4. The molecule has 27 heavy (non-hydrogen) atoms. The van der Waals surface area contributed by atoms with E-state index in [0.717, 1.165) is 0 Å². The number of guanidine groups is 2. The number of carbonyl (C=O) groups is 1. The molecule has 0 atom stereocenters. The first kappa shape index (κ1) is 21.6. The third-order valence-corrected chi connectivity index (χ3v) is 3.29. The average Bonchev–Trinajstić information content (AvgIpc) is 2.61. The number of hydrogen-bond donors (Lipinski definition) is 6. The largest absolute Gasteiger partial charge is 0.369 e. The van der Waals surface area contributed by atoms with Gasteiger partial charge in [0.25, 0.3) is 0 Å². The summed E-state index contributed by atoms with van der Waals surface area (Å²) < 4.78 is 0. The van der Waals surface area contributed by atoms with Gasteiger partial charge in [-0.05, 0) is 45.0 Å². The highest BCUT2D eigenvalue weighted by atomic mass is 16.1. The van der Waals surface area contributed by atoms with Crippen LogP contribution < -0.4 is 34.0 Å². The molecule has 1 amide bonds. The van der Waals surface area contributed by atoms with Crippen molar-refractivity contribution in [3.05, 3.63) is 29.3 Å². The number of amides is 1. The summed E-state index contributed by atoms with van der Waals surface area (Å²) >= 11 is 0. The van der Waals surface area contributed by atoms with Crippen LogP contribution in [0.15, 0.2) is 38.6 Å². The molecule has 146 valence electrons. The van der Waals surface area contributed by atoms with Crippen LogP contribution in [-0.2, 0) is 4.79 Å². The standard InChI is InChI=1S/C16H26N10O/c1-9(23-25-15(18)19)11-6-12(10(2)24-26-16(20)21)8-13(7-11)22-14(27)4-3-5-17/h6-8H,3-5,17H2,1-2H3,(H,22,27)(H4,18,19,25)(H4,20,21,26)/b23-9+,24-10+. The second kappa shape index (κ2) is 10.5. The molecule has 0 aliphatic rings. The normalized spacial score (nSPS) is 11.7. The summed E-state index contributed by atoms with van der Waals surface area (Å²) in [4.78, 5) is 12.0. The van der Waals surface area contributed by atoms with Gasteiger partial charge in [-0.1, -0.05) is 0 Å².